The van der Waals surface area contributed by atoms with E-state index in [0.29, 0.717) is 11.1 Å². The van der Waals surface area contributed by atoms with Crippen molar-refractivity contribution in [1.82, 2.24) is 4.98 Å². The molecule has 1 aromatic heterocycles. The molecule has 2 aromatic rings. The van der Waals surface area contributed by atoms with Gasteiger partial charge >= 0.3 is 0 Å². The van der Waals surface area contributed by atoms with Gasteiger partial charge in [-0.05, 0) is 36.6 Å². The van der Waals surface area contributed by atoms with Crippen LogP contribution in [0.5, 0.6) is 0 Å². The van der Waals surface area contributed by atoms with Crippen molar-refractivity contribution < 1.29 is 8.78 Å². The minimum atomic E-state index is -0.642. The molecule has 0 fully saturated rings. The number of hydrogen-bond donors (Lipinski definition) is 1. The van der Waals surface area contributed by atoms with Crippen LogP contribution in [0.15, 0.2) is 30.6 Å². The Morgan fingerprint density at radius 1 is 1.06 bits per heavy atom. The zero-order valence-corrected chi connectivity index (χ0v) is 10.2. The number of nitrogens with two attached hydrogens (primary N) is 1. The summed E-state index contributed by atoms with van der Waals surface area (Å²) in [5.41, 5.74) is 8.31. The minimum Gasteiger partial charge on any atom is -0.320 e. The molecule has 0 radical (unpaired) electrons. The summed E-state index contributed by atoms with van der Waals surface area (Å²) in [6, 6.07) is 3.51. The van der Waals surface area contributed by atoms with Crippen LogP contribution >= 0.6 is 0 Å². The molecule has 1 heterocycles. The van der Waals surface area contributed by atoms with E-state index in [4.69, 9.17) is 5.73 Å². The normalized spacial score (nSPS) is 12.5. The van der Waals surface area contributed by atoms with E-state index in [1.165, 1.54) is 6.07 Å². The molecule has 18 heavy (non-hydrogen) atoms. The maximum atomic E-state index is 13.7. The maximum absolute atomic E-state index is 13.7. The average molecular weight is 248 g/mol. The quantitative estimate of drug-likeness (QED) is 0.887. The Balaban J connectivity index is 2.46. The van der Waals surface area contributed by atoms with Gasteiger partial charge in [0, 0.05) is 24.0 Å². The predicted octanol–water partition coefficient (Wildman–Crippen LogP) is 3.02. The Morgan fingerprint density at radius 2 is 1.78 bits per heavy atom. The number of aryl methyl sites for hydroxylation is 2. The highest BCUT2D eigenvalue weighted by Crippen LogP contribution is 2.24. The van der Waals surface area contributed by atoms with E-state index in [1.54, 1.807) is 19.3 Å². The fraction of sp³-hybridized carbons (Fsp3) is 0.214. The monoisotopic (exact) mass is 248 g/mol. The van der Waals surface area contributed by atoms with Crippen molar-refractivity contribution in [2.45, 2.75) is 19.9 Å². The molecule has 94 valence electrons. The maximum Gasteiger partial charge on any atom is 0.131 e. The summed E-state index contributed by atoms with van der Waals surface area (Å²) in [5.74, 6) is -1.20. The largest absolute Gasteiger partial charge is 0.320 e. The number of rotatable bonds is 2. The molecule has 0 aliphatic carbocycles. The Kier molecular flexibility index (Phi) is 3.39. The fourth-order valence-electron chi connectivity index (χ4n) is 1.85. The molecule has 0 saturated heterocycles. The van der Waals surface area contributed by atoms with Gasteiger partial charge in [-0.2, -0.15) is 0 Å². The molecular formula is C14H14F2N2. The highest BCUT2D eigenvalue weighted by atomic mass is 19.1. The molecule has 1 aromatic carbocycles. The van der Waals surface area contributed by atoms with Crippen molar-refractivity contribution in [2.24, 2.45) is 5.73 Å². The standard InChI is InChI=1S/C14H14F2N2/c1-8-3-10(7-18-6-8)14(17)11-4-9(2)12(15)5-13(11)16/h3-7,14H,17H2,1-2H3. The van der Waals surface area contributed by atoms with Gasteiger partial charge in [0.25, 0.3) is 0 Å². The lowest BCUT2D eigenvalue weighted by atomic mass is 9.98. The van der Waals surface area contributed by atoms with Crippen LogP contribution < -0.4 is 5.73 Å². The lowest BCUT2D eigenvalue weighted by molar-refractivity contribution is 0.560. The first-order valence-electron chi connectivity index (χ1n) is 5.61. The second-order valence-corrected chi connectivity index (χ2v) is 4.40. The lowest BCUT2D eigenvalue weighted by Crippen LogP contribution is -2.14. The zero-order chi connectivity index (χ0) is 13.3. The van der Waals surface area contributed by atoms with E-state index < -0.39 is 17.7 Å². The summed E-state index contributed by atoms with van der Waals surface area (Å²) in [5, 5.41) is 0. The van der Waals surface area contributed by atoms with Crippen LogP contribution in [0.3, 0.4) is 0 Å². The SMILES string of the molecule is Cc1cncc(C(N)c2cc(C)c(F)cc2F)c1. The van der Waals surface area contributed by atoms with Crippen LogP contribution in [0, 0.1) is 25.5 Å². The number of hydrogen-bond acceptors (Lipinski definition) is 2. The summed E-state index contributed by atoms with van der Waals surface area (Å²) < 4.78 is 26.9. The topological polar surface area (TPSA) is 38.9 Å². The third-order valence-corrected chi connectivity index (χ3v) is 2.87. The van der Waals surface area contributed by atoms with Gasteiger partial charge in [0.1, 0.15) is 11.6 Å². The first kappa shape index (κ1) is 12.6. The molecule has 0 aliphatic heterocycles. The van der Waals surface area contributed by atoms with Gasteiger partial charge in [0.2, 0.25) is 0 Å². The Labute approximate surface area is 104 Å². The van der Waals surface area contributed by atoms with Crippen molar-refractivity contribution in [3.8, 4) is 0 Å². The number of aromatic nitrogens is 1. The van der Waals surface area contributed by atoms with E-state index in [-0.39, 0.29) is 5.56 Å². The van der Waals surface area contributed by atoms with Crippen molar-refractivity contribution in [3.63, 3.8) is 0 Å². The van der Waals surface area contributed by atoms with Gasteiger partial charge in [-0.3, -0.25) is 4.98 Å². The Morgan fingerprint density at radius 3 is 2.44 bits per heavy atom. The average Bonchev–Trinajstić information content (AvgIpc) is 2.33. The highest BCUT2D eigenvalue weighted by molar-refractivity contribution is 5.35. The molecule has 0 saturated carbocycles. The third-order valence-electron chi connectivity index (χ3n) is 2.87. The van der Waals surface area contributed by atoms with Gasteiger partial charge in [-0.1, -0.05) is 6.07 Å². The first-order chi connectivity index (χ1) is 8.49. The van der Waals surface area contributed by atoms with E-state index in [0.717, 1.165) is 11.6 Å². The summed E-state index contributed by atoms with van der Waals surface area (Å²) >= 11 is 0. The third kappa shape index (κ3) is 2.38. The van der Waals surface area contributed by atoms with E-state index in [2.05, 4.69) is 4.98 Å². The second-order valence-electron chi connectivity index (χ2n) is 4.40. The highest BCUT2D eigenvalue weighted by Gasteiger charge is 2.16. The smallest absolute Gasteiger partial charge is 0.131 e. The Bertz CT molecular complexity index is 582. The molecule has 0 amide bonds. The van der Waals surface area contributed by atoms with E-state index in [1.807, 2.05) is 13.0 Å². The van der Waals surface area contributed by atoms with E-state index >= 15 is 0 Å². The zero-order valence-electron chi connectivity index (χ0n) is 10.2. The van der Waals surface area contributed by atoms with Gasteiger partial charge in [0.05, 0.1) is 6.04 Å². The fourth-order valence-corrected chi connectivity index (χ4v) is 1.85. The molecule has 0 aliphatic rings. The summed E-state index contributed by atoms with van der Waals surface area (Å²) in [6.07, 6.45) is 3.29. The summed E-state index contributed by atoms with van der Waals surface area (Å²) in [7, 11) is 0. The number of nitrogens with zero attached hydrogens (tertiary/aromatic N) is 1. The van der Waals surface area contributed by atoms with Crippen LogP contribution in [0.25, 0.3) is 0 Å². The summed E-state index contributed by atoms with van der Waals surface area (Å²) in [6.45, 7) is 3.47. The van der Waals surface area contributed by atoms with Crippen LogP contribution in [0.4, 0.5) is 8.78 Å². The van der Waals surface area contributed by atoms with Gasteiger partial charge in [0.15, 0.2) is 0 Å². The van der Waals surface area contributed by atoms with Crippen molar-refractivity contribution >= 4 is 0 Å². The molecule has 0 bridgehead atoms. The second kappa shape index (κ2) is 4.82. The van der Waals surface area contributed by atoms with E-state index in [9.17, 15) is 8.78 Å². The van der Waals surface area contributed by atoms with Gasteiger partial charge in [-0.25, -0.2) is 8.78 Å². The van der Waals surface area contributed by atoms with Crippen molar-refractivity contribution in [3.05, 3.63) is 64.5 Å². The summed E-state index contributed by atoms with van der Waals surface area (Å²) in [4.78, 5) is 4.02. The first-order valence-corrected chi connectivity index (χ1v) is 5.61. The molecule has 1 atom stereocenters. The van der Waals surface area contributed by atoms with Gasteiger partial charge < -0.3 is 5.73 Å². The van der Waals surface area contributed by atoms with Crippen LogP contribution in [0.1, 0.15) is 28.3 Å². The van der Waals surface area contributed by atoms with Crippen LogP contribution in [-0.4, -0.2) is 4.98 Å². The van der Waals surface area contributed by atoms with Crippen molar-refractivity contribution in [2.75, 3.05) is 0 Å². The minimum absolute atomic E-state index is 0.279. The molecule has 2 rings (SSSR count). The molecule has 1 unspecified atom stereocenters. The van der Waals surface area contributed by atoms with Gasteiger partial charge in [-0.15, -0.1) is 0 Å². The van der Waals surface area contributed by atoms with Crippen molar-refractivity contribution in [1.29, 1.82) is 0 Å². The number of benzene rings is 1. The predicted molar refractivity (Wildman–Crippen MR) is 66.1 cm³/mol. The molecule has 0 spiro atoms. The van der Waals surface area contributed by atoms with Crippen LogP contribution in [-0.2, 0) is 0 Å². The lowest BCUT2D eigenvalue weighted by Gasteiger charge is -2.14. The molecule has 2 N–H and O–H groups in total. The molecular weight excluding hydrogens is 234 g/mol. The molecule has 2 nitrogen and oxygen atoms in total. The van der Waals surface area contributed by atoms with Crippen LogP contribution in [0.2, 0.25) is 0 Å². The number of pyridine rings is 1. The Hall–Kier alpha value is -1.81. The molecule has 4 heteroatoms. The number of halogens is 2.